The number of aryl methyl sites for hydroxylation is 1. The molecule has 24 heavy (non-hydrogen) atoms. The maximum Gasteiger partial charge on any atom is 0.159 e. The average molecular weight is 319 g/mol. The standard InChI is InChI=1S/C19H21N5/c1-14-21-11-15(12-22-14)13-24-9-6-16(7-10-24)18-5-4-17-3-2-8-20-19(17)23-18/h2-5,8,11-12,16H,6-7,9-10,13H2,1H3. The summed E-state index contributed by atoms with van der Waals surface area (Å²) in [6, 6.07) is 8.32. The molecular weight excluding hydrogens is 298 g/mol. The molecule has 3 aromatic heterocycles. The molecule has 0 aromatic carbocycles. The Hall–Kier alpha value is -2.40. The summed E-state index contributed by atoms with van der Waals surface area (Å²) in [6.45, 7) is 5.02. The van der Waals surface area contributed by atoms with Crippen LogP contribution in [0.5, 0.6) is 0 Å². The Balaban J connectivity index is 1.40. The summed E-state index contributed by atoms with van der Waals surface area (Å²) in [4.78, 5) is 20.2. The highest BCUT2D eigenvalue weighted by Crippen LogP contribution is 2.28. The lowest BCUT2D eigenvalue weighted by Gasteiger charge is -2.31. The fourth-order valence-corrected chi connectivity index (χ4v) is 3.34. The van der Waals surface area contributed by atoms with E-state index in [1.807, 2.05) is 31.6 Å². The van der Waals surface area contributed by atoms with Crippen LogP contribution in [0.1, 0.15) is 35.8 Å². The van der Waals surface area contributed by atoms with E-state index in [0.717, 1.165) is 49.3 Å². The lowest BCUT2D eigenvalue weighted by molar-refractivity contribution is 0.203. The number of nitrogens with zero attached hydrogens (tertiary/aromatic N) is 5. The zero-order chi connectivity index (χ0) is 16.4. The Bertz CT molecular complexity index is 823. The summed E-state index contributed by atoms with van der Waals surface area (Å²) in [7, 11) is 0. The van der Waals surface area contributed by atoms with Gasteiger partial charge in [0, 0.05) is 47.7 Å². The predicted octanol–water partition coefficient (Wildman–Crippen LogP) is 3.11. The summed E-state index contributed by atoms with van der Waals surface area (Å²) < 4.78 is 0. The van der Waals surface area contributed by atoms with Gasteiger partial charge in [0.15, 0.2) is 5.65 Å². The van der Waals surface area contributed by atoms with Crippen molar-refractivity contribution >= 4 is 11.0 Å². The first kappa shape index (κ1) is 15.1. The number of pyridine rings is 2. The van der Waals surface area contributed by atoms with Crippen molar-refractivity contribution in [2.75, 3.05) is 13.1 Å². The van der Waals surface area contributed by atoms with Gasteiger partial charge in [-0.3, -0.25) is 4.90 Å². The predicted molar refractivity (Wildman–Crippen MR) is 93.6 cm³/mol. The largest absolute Gasteiger partial charge is 0.299 e. The molecule has 0 unspecified atom stereocenters. The van der Waals surface area contributed by atoms with Gasteiger partial charge >= 0.3 is 0 Å². The second kappa shape index (κ2) is 6.61. The molecule has 0 atom stereocenters. The van der Waals surface area contributed by atoms with Crippen molar-refractivity contribution in [1.29, 1.82) is 0 Å². The molecule has 1 fully saturated rings. The number of likely N-dealkylation sites (tertiary alicyclic amines) is 1. The molecule has 0 saturated carbocycles. The Morgan fingerprint density at radius 3 is 2.62 bits per heavy atom. The van der Waals surface area contributed by atoms with Crippen molar-refractivity contribution < 1.29 is 0 Å². The van der Waals surface area contributed by atoms with Gasteiger partial charge in [0.05, 0.1) is 0 Å². The lowest BCUT2D eigenvalue weighted by atomic mass is 9.92. The van der Waals surface area contributed by atoms with Crippen molar-refractivity contribution in [1.82, 2.24) is 24.8 Å². The zero-order valence-electron chi connectivity index (χ0n) is 13.9. The smallest absolute Gasteiger partial charge is 0.159 e. The van der Waals surface area contributed by atoms with E-state index in [1.165, 1.54) is 11.3 Å². The van der Waals surface area contributed by atoms with Gasteiger partial charge in [-0.25, -0.2) is 19.9 Å². The number of aromatic nitrogens is 4. The molecule has 0 amide bonds. The van der Waals surface area contributed by atoms with Crippen molar-refractivity contribution in [3.05, 3.63) is 59.9 Å². The zero-order valence-corrected chi connectivity index (χ0v) is 13.9. The SMILES string of the molecule is Cc1ncc(CN2CCC(c3ccc4cccnc4n3)CC2)cn1. The molecular formula is C19H21N5. The van der Waals surface area contributed by atoms with Crippen LogP contribution in [0.15, 0.2) is 42.9 Å². The summed E-state index contributed by atoms with van der Waals surface area (Å²) in [5.41, 5.74) is 3.22. The first-order valence-electron chi connectivity index (χ1n) is 8.49. The van der Waals surface area contributed by atoms with Crippen LogP contribution in [-0.4, -0.2) is 37.9 Å². The fourth-order valence-electron chi connectivity index (χ4n) is 3.34. The quantitative estimate of drug-likeness (QED) is 0.742. The number of piperidine rings is 1. The van der Waals surface area contributed by atoms with E-state index in [9.17, 15) is 0 Å². The normalized spacial score (nSPS) is 16.5. The summed E-state index contributed by atoms with van der Waals surface area (Å²) in [5.74, 6) is 1.36. The van der Waals surface area contributed by atoms with Gasteiger partial charge in [-0.05, 0) is 57.1 Å². The molecule has 0 spiro atoms. The second-order valence-electron chi connectivity index (χ2n) is 6.48. The maximum atomic E-state index is 4.77. The summed E-state index contributed by atoms with van der Waals surface area (Å²) in [6.07, 6.45) is 7.96. The van der Waals surface area contributed by atoms with Crippen LogP contribution in [0.4, 0.5) is 0 Å². The third-order valence-electron chi connectivity index (χ3n) is 4.73. The Kier molecular flexibility index (Phi) is 4.17. The van der Waals surface area contributed by atoms with Gasteiger partial charge in [-0.15, -0.1) is 0 Å². The van der Waals surface area contributed by atoms with E-state index in [-0.39, 0.29) is 0 Å². The monoisotopic (exact) mass is 319 g/mol. The highest BCUT2D eigenvalue weighted by Gasteiger charge is 2.22. The van der Waals surface area contributed by atoms with Crippen molar-refractivity contribution in [2.24, 2.45) is 0 Å². The second-order valence-corrected chi connectivity index (χ2v) is 6.48. The number of rotatable bonds is 3. The van der Waals surface area contributed by atoms with E-state index in [1.54, 1.807) is 0 Å². The van der Waals surface area contributed by atoms with Gasteiger partial charge in [-0.1, -0.05) is 0 Å². The maximum absolute atomic E-state index is 4.77. The molecule has 0 N–H and O–H groups in total. The average Bonchev–Trinajstić information content (AvgIpc) is 2.64. The van der Waals surface area contributed by atoms with E-state index >= 15 is 0 Å². The van der Waals surface area contributed by atoms with Crippen molar-refractivity contribution in [3.63, 3.8) is 0 Å². The molecule has 0 aliphatic carbocycles. The highest BCUT2D eigenvalue weighted by molar-refractivity contribution is 5.74. The van der Waals surface area contributed by atoms with E-state index in [4.69, 9.17) is 4.98 Å². The first-order chi connectivity index (χ1) is 11.8. The fraction of sp³-hybridized carbons (Fsp3) is 0.368. The van der Waals surface area contributed by atoms with Gasteiger partial charge in [0.25, 0.3) is 0 Å². The third kappa shape index (κ3) is 3.26. The summed E-state index contributed by atoms with van der Waals surface area (Å²) in [5, 5.41) is 1.11. The van der Waals surface area contributed by atoms with Gasteiger partial charge in [0.1, 0.15) is 5.82 Å². The molecule has 122 valence electrons. The molecule has 5 nitrogen and oxygen atoms in total. The van der Waals surface area contributed by atoms with Crippen LogP contribution in [0.3, 0.4) is 0 Å². The molecule has 1 aliphatic heterocycles. The van der Waals surface area contributed by atoms with E-state index in [2.05, 4.69) is 38.1 Å². The third-order valence-corrected chi connectivity index (χ3v) is 4.73. The van der Waals surface area contributed by atoms with Crippen LogP contribution in [-0.2, 0) is 6.54 Å². The van der Waals surface area contributed by atoms with E-state index in [0.29, 0.717) is 5.92 Å². The molecule has 3 aromatic rings. The minimum absolute atomic E-state index is 0.530. The topological polar surface area (TPSA) is 54.8 Å². The van der Waals surface area contributed by atoms with Crippen LogP contribution in [0.25, 0.3) is 11.0 Å². The Morgan fingerprint density at radius 2 is 1.83 bits per heavy atom. The molecule has 5 heteroatoms. The number of hydrogen-bond donors (Lipinski definition) is 0. The van der Waals surface area contributed by atoms with Crippen molar-refractivity contribution in [3.8, 4) is 0 Å². The van der Waals surface area contributed by atoms with Crippen molar-refractivity contribution in [2.45, 2.75) is 32.2 Å². The minimum atomic E-state index is 0.530. The van der Waals surface area contributed by atoms with E-state index < -0.39 is 0 Å². The first-order valence-corrected chi connectivity index (χ1v) is 8.49. The van der Waals surface area contributed by atoms with Gasteiger partial charge in [-0.2, -0.15) is 0 Å². The van der Waals surface area contributed by atoms with Gasteiger partial charge in [0.2, 0.25) is 0 Å². The Morgan fingerprint density at radius 1 is 1.04 bits per heavy atom. The van der Waals surface area contributed by atoms with Crippen LogP contribution in [0, 0.1) is 6.92 Å². The molecule has 0 bridgehead atoms. The van der Waals surface area contributed by atoms with Crippen LogP contribution >= 0.6 is 0 Å². The number of hydrogen-bond acceptors (Lipinski definition) is 5. The molecule has 4 heterocycles. The number of fused-ring (bicyclic) bond motifs is 1. The molecule has 1 saturated heterocycles. The summed E-state index contributed by atoms with van der Waals surface area (Å²) >= 11 is 0. The molecule has 0 radical (unpaired) electrons. The van der Waals surface area contributed by atoms with Crippen LogP contribution < -0.4 is 0 Å². The molecule has 1 aliphatic rings. The Labute approximate surface area is 141 Å². The minimum Gasteiger partial charge on any atom is -0.299 e. The van der Waals surface area contributed by atoms with Crippen LogP contribution in [0.2, 0.25) is 0 Å². The lowest BCUT2D eigenvalue weighted by Crippen LogP contribution is -2.32. The molecule has 4 rings (SSSR count). The van der Waals surface area contributed by atoms with Gasteiger partial charge < -0.3 is 0 Å². The highest BCUT2D eigenvalue weighted by atomic mass is 15.1.